The van der Waals surface area contributed by atoms with E-state index >= 15 is 0 Å². The van der Waals surface area contributed by atoms with Crippen LogP contribution in [0, 0.1) is 6.92 Å². The molecule has 2 aliphatic rings. The standard InChI is InChI=1S/C23H26O3S/c1-17-7-9-20(10-8-17)27-22(21(24)18-5-3-2-4-6-18)19-11-13-23(14-12-19)25-15-16-26-23/h2-10,21,24H,11-16H2,1H3. The molecule has 1 heterocycles. The second kappa shape index (κ2) is 8.19. The van der Waals surface area contributed by atoms with Gasteiger partial charge in [0, 0.05) is 22.6 Å². The monoisotopic (exact) mass is 382 g/mol. The zero-order chi connectivity index (χ0) is 18.7. The Bertz CT molecular complexity index is 780. The summed E-state index contributed by atoms with van der Waals surface area (Å²) in [5.74, 6) is -0.388. The fourth-order valence-corrected chi connectivity index (χ4v) is 4.93. The molecule has 4 heteroatoms. The maximum Gasteiger partial charge on any atom is 0.169 e. The van der Waals surface area contributed by atoms with Gasteiger partial charge in [-0.2, -0.15) is 0 Å². The van der Waals surface area contributed by atoms with Crippen LogP contribution in [-0.2, 0) is 9.47 Å². The van der Waals surface area contributed by atoms with Crippen LogP contribution in [0.4, 0.5) is 0 Å². The van der Waals surface area contributed by atoms with Crippen molar-refractivity contribution >= 4 is 11.8 Å². The number of thioether (sulfide) groups is 1. The smallest absolute Gasteiger partial charge is 0.169 e. The number of hydrogen-bond donors (Lipinski definition) is 1. The Morgan fingerprint density at radius 2 is 1.59 bits per heavy atom. The minimum absolute atomic E-state index is 0.388. The lowest BCUT2D eigenvalue weighted by molar-refractivity contribution is -0.171. The average Bonchev–Trinajstić information content (AvgIpc) is 3.17. The first-order valence-electron chi connectivity index (χ1n) is 9.63. The second-order valence-corrected chi connectivity index (χ2v) is 8.42. The highest BCUT2D eigenvalue weighted by atomic mass is 32.2. The lowest BCUT2D eigenvalue weighted by Crippen LogP contribution is -2.33. The number of hydrogen-bond acceptors (Lipinski definition) is 4. The van der Waals surface area contributed by atoms with Gasteiger partial charge in [-0.05, 0) is 37.5 Å². The number of rotatable bonds is 4. The normalized spacial score (nSPS) is 20.0. The zero-order valence-electron chi connectivity index (χ0n) is 15.7. The van der Waals surface area contributed by atoms with Crippen LogP contribution < -0.4 is 0 Å². The number of benzene rings is 2. The van der Waals surface area contributed by atoms with Gasteiger partial charge in [0.25, 0.3) is 0 Å². The van der Waals surface area contributed by atoms with E-state index in [0.29, 0.717) is 13.2 Å². The number of allylic oxidation sites excluding steroid dienone is 1. The highest BCUT2D eigenvalue weighted by Gasteiger charge is 2.39. The van der Waals surface area contributed by atoms with Crippen molar-refractivity contribution in [3.63, 3.8) is 0 Å². The Hall–Kier alpha value is -1.59. The van der Waals surface area contributed by atoms with Gasteiger partial charge in [-0.1, -0.05) is 65.4 Å². The van der Waals surface area contributed by atoms with Gasteiger partial charge in [0.2, 0.25) is 0 Å². The Morgan fingerprint density at radius 1 is 0.963 bits per heavy atom. The highest BCUT2D eigenvalue weighted by Crippen LogP contribution is 2.45. The van der Waals surface area contributed by atoms with E-state index < -0.39 is 6.10 Å². The number of ether oxygens (including phenoxy) is 2. The second-order valence-electron chi connectivity index (χ2n) is 7.30. The molecule has 4 rings (SSSR count). The molecule has 1 atom stereocenters. The lowest BCUT2D eigenvalue weighted by Gasteiger charge is -2.34. The summed E-state index contributed by atoms with van der Waals surface area (Å²) in [6, 6.07) is 18.4. The van der Waals surface area contributed by atoms with E-state index in [1.807, 2.05) is 30.3 Å². The Morgan fingerprint density at radius 3 is 2.22 bits per heavy atom. The first-order valence-corrected chi connectivity index (χ1v) is 10.4. The summed E-state index contributed by atoms with van der Waals surface area (Å²) in [6.45, 7) is 3.47. The van der Waals surface area contributed by atoms with Gasteiger partial charge in [0.15, 0.2) is 5.79 Å². The molecule has 0 radical (unpaired) electrons. The van der Waals surface area contributed by atoms with Gasteiger partial charge in [0.1, 0.15) is 6.10 Å². The van der Waals surface area contributed by atoms with E-state index in [1.165, 1.54) is 11.1 Å². The molecule has 0 aromatic heterocycles. The Kier molecular flexibility index (Phi) is 5.69. The summed E-state index contributed by atoms with van der Waals surface area (Å²) < 4.78 is 11.7. The van der Waals surface area contributed by atoms with Crippen LogP contribution in [0.3, 0.4) is 0 Å². The van der Waals surface area contributed by atoms with Crippen molar-refractivity contribution in [2.24, 2.45) is 0 Å². The third-order valence-corrected chi connectivity index (χ3v) is 6.63. The van der Waals surface area contributed by atoms with E-state index in [2.05, 4.69) is 31.2 Å². The summed E-state index contributed by atoms with van der Waals surface area (Å²) in [6.07, 6.45) is 2.92. The van der Waals surface area contributed by atoms with Crippen molar-refractivity contribution in [2.45, 2.75) is 49.4 Å². The maximum absolute atomic E-state index is 11.2. The highest BCUT2D eigenvalue weighted by molar-refractivity contribution is 8.03. The van der Waals surface area contributed by atoms with Gasteiger partial charge >= 0.3 is 0 Å². The van der Waals surface area contributed by atoms with Gasteiger partial charge < -0.3 is 14.6 Å². The van der Waals surface area contributed by atoms with E-state index in [-0.39, 0.29) is 5.79 Å². The van der Waals surface area contributed by atoms with E-state index in [9.17, 15) is 5.11 Å². The van der Waals surface area contributed by atoms with Crippen LogP contribution in [0.15, 0.2) is 70.0 Å². The topological polar surface area (TPSA) is 38.7 Å². The molecular formula is C23H26O3S. The molecule has 1 spiro atoms. The summed E-state index contributed by atoms with van der Waals surface area (Å²) >= 11 is 1.69. The van der Waals surface area contributed by atoms with Crippen LogP contribution >= 0.6 is 11.8 Å². The van der Waals surface area contributed by atoms with Crippen molar-refractivity contribution in [2.75, 3.05) is 13.2 Å². The van der Waals surface area contributed by atoms with Crippen molar-refractivity contribution in [3.05, 3.63) is 76.2 Å². The minimum Gasteiger partial charge on any atom is -0.383 e. The molecule has 1 aliphatic carbocycles. The molecule has 3 nitrogen and oxygen atoms in total. The van der Waals surface area contributed by atoms with Crippen LogP contribution in [0.25, 0.3) is 0 Å². The van der Waals surface area contributed by atoms with Crippen molar-refractivity contribution in [3.8, 4) is 0 Å². The largest absolute Gasteiger partial charge is 0.383 e. The van der Waals surface area contributed by atoms with Gasteiger partial charge in [0.05, 0.1) is 13.2 Å². The fraction of sp³-hybridized carbons (Fsp3) is 0.391. The average molecular weight is 383 g/mol. The summed E-state index contributed by atoms with van der Waals surface area (Å²) in [7, 11) is 0. The molecule has 2 aromatic rings. The molecule has 1 saturated carbocycles. The van der Waals surface area contributed by atoms with Crippen LogP contribution in [0.5, 0.6) is 0 Å². The molecule has 142 valence electrons. The summed E-state index contributed by atoms with van der Waals surface area (Å²) in [5.41, 5.74) is 3.50. The molecule has 1 saturated heterocycles. The fourth-order valence-electron chi connectivity index (χ4n) is 3.81. The molecular weight excluding hydrogens is 356 g/mol. The van der Waals surface area contributed by atoms with E-state index in [0.717, 1.165) is 41.0 Å². The predicted molar refractivity (Wildman–Crippen MR) is 109 cm³/mol. The quantitative estimate of drug-likeness (QED) is 0.720. The molecule has 0 bridgehead atoms. The third-order valence-electron chi connectivity index (χ3n) is 5.39. The summed E-state index contributed by atoms with van der Waals surface area (Å²) in [5, 5.41) is 11.2. The molecule has 2 aromatic carbocycles. The van der Waals surface area contributed by atoms with Crippen LogP contribution in [0.1, 0.15) is 42.9 Å². The first kappa shape index (κ1) is 18.8. The van der Waals surface area contributed by atoms with Gasteiger partial charge in [-0.15, -0.1) is 0 Å². The van der Waals surface area contributed by atoms with E-state index in [1.54, 1.807) is 11.8 Å². The molecule has 27 heavy (non-hydrogen) atoms. The summed E-state index contributed by atoms with van der Waals surface area (Å²) in [4.78, 5) is 2.21. The van der Waals surface area contributed by atoms with Crippen LogP contribution in [0.2, 0.25) is 0 Å². The lowest BCUT2D eigenvalue weighted by atomic mass is 9.88. The van der Waals surface area contributed by atoms with Gasteiger partial charge in [-0.3, -0.25) is 0 Å². The minimum atomic E-state index is -0.605. The van der Waals surface area contributed by atoms with Crippen LogP contribution in [-0.4, -0.2) is 24.1 Å². The molecule has 1 unspecified atom stereocenters. The van der Waals surface area contributed by atoms with E-state index in [4.69, 9.17) is 9.47 Å². The molecule has 2 fully saturated rings. The Labute approximate surface area is 165 Å². The SMILES string of the molecule is Cc1ccc(SC(=C2CCC3(CC2)OCCO3)C(O)c2ccccc2)cc1. The molecule has 0 amide bonds. The van der Waals surface area contributed by atoms with Crippen molar-refractivity contribution < 1.29 is 14.6 Å². The number of aliphatic hydroxyl groups excluding tert-OH is 1. The van der Waals surface area contributed by atoms with Gasteiger partial charge in [-0.25, -0.2) is 0 Å². The Balaban J connectivity index is 1.62. The number of aryl methyl sites for hydroxylation is 1. The van der Waals surface area contributed by atoms with Crippen molar-refractivity contribution in [1.29, 1.82) is 0 Å². The zero-order valence-corrected chi connectivity index (χ0v) is 16.5. The molecule has 1 N–H and O–H groups in total. The third kappa shape index (κ3) is 4.30. The first-order chi connectivity index (χ1) is 13.2. The molecule has 1 aliphatic heterocycles. The maximum atomic E-state index is 11.2. The van der Waals surface area contributed by atoms with Crippen molar-refractivity contribution in [1.82, 2.24) is 0 Å². The predicted octanol–water partition coefficient (Wildman–Crippen LogP) is 5.39. The number of aliphatic hydroxyl groups is 1.